The van der Waals surface area contributed by atoms with Gasteiger partial charge in [-0.3, -0.25) is 4.79 Å². The quantitative estimate of drug-likeness (QED) is 0.522. The highest BCUT2D eigenvalue weighted by atomic mass is 32.2. The Kier molecular flexibility index (Phi) is 5.51. The van der Waals surface area contributed by atoms with Crippen LogP contribution in [0, 0.1) is 12.7 Å². The zero-order chi connectivity index (χ0) is 15.1. The Balaban J connectivity index is 1.80. The van der Waals surface area contributed by atoms with Gasteiger partial charge in [-0.2, -0.15) is 5.10 Å². The minimum Gasteiger partial charge on any atom is -0.272 e. The molecule has 0 radical (unpaired) electrons. The van der Waals surface area contributed by atoms with Crippen molar-refractivity contribution in [2.75, 3.05) is 5.75 Å². The number of hydrogen-bond acceptors (Lipinski definition) is 3. The summed E-state index contributed by atoms with van der Waals surface area (Å²) in [7, 11) is 0. The van der Waals surface area contributed by atoms with Crippen LogP contribution in [0.1, 0.15) is 11.1 Å². The molecule has 2 aromatic carbocycles. The second-order valence-corrected chi connectivity index (χ2v) is 5.42. The number of nitrogens with zero attached hydrogens (tertiary/aromatic N) is 1. The van der Waals surface area contributed by atoms with E-state index >= 15 is 0 Å². The Bertz CT molecular complexity index is 641. The molecule has 0 atom stereocenters. The van der Waals surface area contributed by atoms with Crippen LogP contribution in [0.2, 0.25) is 0 Å². The predicted molar refractivity (Wildman–Crippen MR) is 84.0 cm³/mol. The second kappa shape index (κ2) is 7.59. The normalized spacial score (nSPS) is 10.8. The molecule has 1 N–H and O–H groups in total. The lowest BCUT2D eigenvalue weighted by Gasteiger charge is -2.03. The first-order chi connectivity index (χ1) is 10.1. The summed E-state index contributed by atoms with van der Waals surface area (Å²) in [6.07, 6.45) is 1.48. The monoisotopic (exact) mass is 302 g/mol. The van der Waals surface area contributed by atoms with Crippen molar-refractivity contribution in [1.29, 1.82) is 0 Å². The van der Waals surface area contributed by atoms with E-state index in [0.717, 1.165) is 16.0 Å². The van der Waals surface area contributed by atoms with Crippen molar-refractivity contribution in [3.05, 3.63) is 65.5 Å². The highest BCUT2D eigenvalue weighted by molar-refractivity contribution is 8.00. The maximum Gasteiger partial charge on any atom is 0.250 e. The van der Waals surface area contributed by atoms with Gasteiger partial charge in [0.15, 0.2) is 0 Å². The molecule has 108 valence electrons. The molecule has 3 nitrogen and oxygen atoms in total. The van der Waals surface area contributed by atoms with Gasteiger partial charge in [0.25, 0.3) is 0 Å². The number of aryl methyl sites for hydroxylation is 1. The molecule has 2 aromatic rings. The molecule has 21 heavy (non-hydrogen) atoms. The van der Waals surface area contributed by atoms with Crippen molar-refractivity contribution in [2.24, 2.45) is 5.10 Å². The fraction of sp³-hybridized carbons (Fsp3) is 0.125. The van der Waals surface area contributed by atoms with Crippen LogP contribution in [0.25, 0.3) is 0 Å². The number of halogens is 1. The van der Waals surface area contributed by atoms with E-state index < -0.39 is 0 Å². The fourth-order valence-electron chi connectivity index (χ4n) is 1.62. The van der Waals surface area contributed by atoms with Gasteiger partial charge in [0.1, 0.15) is 5.82 Å². The van der Waals surface area contributed by atoms with Crippen molar-refractivity contribution in [1.82, 2.24) is 5.43 Å². The third-order valence-electron chi connectivity index (χ3n) is 2.73. The highest BCUT2D eigenvalue weighted by Crippen LogP contribution is 2.21. The lowest BCUT2D eigenvalue weighted by molar-refractivity contribution is -0.118. The number of carbonyl (C=O) groups is 1. The summed E-state index contributed by atoms with van der Waals surface area (Å²) in [6.45, 7) is 2.01. The van der Waals surface area contributed by atoms with Gasteiger partial charge in [-0.1, -0.05) is 30.3 Å². The molecule has 0 heterocycles. The Morgan fingerprint density at radius 2 is 1.95 bits per heavy atom. The summed E-state index contributed by atoms with van der Waals surface area (Å²) in [5.74, 6) is -0.182. The topological polar surface area (TPSA) is 41.5 Å². The number of thioether (sulfide) groups is 1. The number of carbonyl (C=O) groups excluding carboxylic acids is 1. The minimum atomic E-state index is -0.300. The molecule has 0 spiro atoms. The van der Waals surface area contributed by atoms with E-state index in [1.807, 2.05) is 31.2 Å². The molecule has 0 aromatic heterocycles. The van der Waals surface area contributed by atoms with E-state index in [1.165, 1.54) is 30.1 Å². The summed E-state index contributed by atoms with van der Waals surface area (Å²) in [5.41, 5.74) is 4.32. The van der Waals surface area contributed by atoms with Crippen LogP contribution in [0.4, 0.5) is 4.39 Å². The van der Waals surface area contributed by atoms with E-state index in [4.69, 9.17) is 0 Å². The summed E-state index contributed by atoms with van der Waals surface area (Å²) < 4.78 is 12.7. The number of hydrogen-bond donors (Lipinski definition) is 1. The van der Waals surface area contributed by atoms with Gasteiger partial charge in [0, 0.05) is 4.90 Å². The third kappa shape index (κ3) is 5.04. The Hall–Kier alpha value is -2.14. The van der Waals surface area contributed by atoms with Crippen molar-refractivity contribution in [3.63, 3.8) is 0 Å². The van der Waals surface area contributed by atoms with Crippen molar-refractivity contribution >= 4 is 23.9 Å². The van der Waals surface area contributed by atoms with Crippen LogP contribution < -0.4 is 5.43 Å². The largest absolute Gasteiger partial charge is 0.272 e. The molecule has 0 saturated heterocycles. The molecule has 1 amide bonds. The zero-order valence-corrected chi connectivity index (χ0v) is 12.4. The summed E-state index contributed by atoms with van der Waals surface area (Å²) >= 11 is 1.47. The molecular weight excluding hydrogens is 287 g/mol. The van der Waals surface area contributed by atoms with Crippen molar-refractivity contribution < 1.29 is 9.18 Å². The molecule has 5 heteroatoms. The van der Waals surface area contributed by atoms with Crippen molar-refractivity contribution in [2.45, 2.75) is 11.8 Å². The number of benzene rings is 2. The standard InChI is InChI=1S/C16H15FN2OS/c1-12-4-2-3-5-15(12)21-11-16(20)19-18-10-13-6-8-14(17)9-7-13/h2-10H,11H2,1H3,(H,19,20)/b18-10+. The Labute approximate surface area is 127 Å². The smallest absolute Gasteiger partial charge is 0.250 e. The first-order valence-corrected chi connectivity index (χ1v) is 7.39. The molecule has 0 fully saturated rings. The second-order valence-electron chi connectivity index (χ2n) is 4.40. The van der Waals surface area contributed by atoms with Gasteiger partial charge in [0.2, 0.25) is 5.91 Å². The van der Waals surface area contributed by atoms with Crippen LogP contribution in [0.15, 0.2) is 58.5 Å². The van der Waals surface area contributed by atoms with Gasteiger partial charge in [0.05, 0.1) is 12.0 Å². The lowest BCUT2D eigenvalue weighted by Crippen LogP contribution is -2.19. The fourth-order valence-corrected chi connectivity index (χ4v) is 2.44. The van der Waals surface area contributed by atoms with E-state index in [0.29, 0.717) is 5.75 Å². The van der Waals surface area contributed by atoms with Gasteiger partial charge in [-0.05, 0) is 36.2 Å². The molecule has 2 rings (SSSR count). The van der Waals surface area contributed by atoms with Crippen LogP contribution in [-0.4, -0.2) is 17.9 Å². The number of nitrogens with one attached hydrogen (secondary N) is 1. The van der Waals surface area contributed by atoms with E-state index in [1.54, 1.807) is 12.1 Å². The van der Waals surface area contributed by atoms with E-state index in [2.05, 4.69) is 10.5 Å². The Morgan fingerprint density at radius 1 is 1.24 bits per heavy atom. The highest BCUT2D eigenvalue weighted by Gasteiger charge is 2.03. The lowest BCUT2D eigenvalue weighted by atomic mass is 10.2. The summed E-state index contributed by atoms with van der Waals surface area (Å²) in [6, 6.07) is 13.8. The molecule has 0 aliphatic heterocycles. The van der Waals surface area contributed by atoms with Crippen LogP contribution in [0.3, 0.4) is 0 Å². The summed E-state index contributed by atoms with van der Waals surface area (Å²) in [4.78, 5) is 12.7. The SMILES string of the molecule is Cc1ccccc1SCC(=O)N/N=C/c1ccc(F)cc1. The van der Waals surface area contributed by atoms with Crippen LogP contribution >= 0.6 is 11.8 Å². The Morgan fingerprint density at radius 3 is 2.67 bits per heavy atom. The molecule has 0 saturated carbocycles. The van der Waals surface area contributed by atoms with E-state index in [-0.39, 0.29) is 11.7 Å². The summed E-state index contributed by atoms with van der Waals surface area (Å²) in [5, 5.41) is 3.85. The van der Waals surface area contributed by atoms with Crippen LogP contribution in [-0.2, 0) is 4.79 Å². The average Bonchev–Trinajstić information content (AvgIpc) is 2.48. The van der Waals surface area contributed by atoms with Gasteiger partial charge in [-0.15, -0.1) is 11.8 Å². The third-order valence-corrected chi connectivity index (χ3v) is 3.90. The number of amides is 1. The van der Waals surface area contributed by atoms with Gasteiger partial charge in [-0.25, -0.2) is 9.82 Å². The molecule has 0 unspecified atom stereocenters. The molecule has 0 aliphatic carbocycles. The van der Waals surface area contributed by atoms with Gasteiger partial charge >= 0.3 is 0 Å². The number of hydrazone groups is 1. The van der Waals surface area contributed by atoms with Gasteiger partial charge < -0.3 is 0 Å². The molecule has 0 bridgehead atoms. The van der Waals surface area contributed by atoms with Crippen LogP contribution in [0.5, 0.6) is 0 Å². The first kappa shape index (κ1) is 15.3. The first-order valence-electron chi connectivity index (χ1n) is 6.41. The van der Waals surface area contributed by atoms with E-state index in [9.17, 15) is 9.18 Å². The maximum atomic E-state index is 12.7. The predicted octanol–water partition coefficient (Wildman–Crippen LogP) is 3.38. The number of rotatable bonds is 5. The molecular formula is C16H15FN2OS. The zero-order valence-electron chi connectivity index (χ0n) is 11.5. The minimum absolute atomic E-state index is 0.179. The molecule has 0 aliphatic rings. The van der Waals surface area contributed by atoms with Crippen molar-refractivity contribution in [3.8, 4) is 0 Å². The average molecular weight is 302 g/mol. The maximum absolute atomic E-state index is 12.7.